The number of carboxylic acid groups (broad SMARTS) is 1. The first-order valence-corrected chi connectivity index (χ1v) is 5.70. The van der Waals surface area contributed by atoms with Crippen LogP contribution in [0.25, 0.3) is 5.69 Å². The number of aromatic carboxylic acids is 1. The molecule has 0 aliphatic rings. The summed E-state index contributed by atoms with van der Waals surface area (Å²) in [5.41, 5.74) is -0.133. The van der Waals surface area contributed by atoms with Crippen LogP contribution in [0.2, 0.25) is 0 Å². The summed E-state index contributed by atoms with van der Waals surface area (Å²) in [6.07, 6.45) is 1.56. The molecular formula is C12H10FN3O4. The summed E-state index contributed by atoms with van der Waals surface area (Å²) in [6, 6.07) is 3.08. The summed E-state index contributed by atoms with van der Waals surface area (Å²) in [5.74, 6) is -2.00. The molecule has 20 heavy (non-hydrogen) atoms. The van der Waals surface area contributed by atoms with Crippen molar-refractivity contribution in [1.82, 2.24) is 9.78 Å². The maximum atomic E-state index is 13.8. The van der Waals surface area contributed by atoms with Crippen molar-refractivity contribution in [3.63, 3.8) is 0 Å². The third kappa shape index (κ3) is 2.35. The van der Waals surface area contributed by atoms with Crippen LogP contribution in [0.4, 0.5) is 10.1 Å². The maximum Gasteiger partial charge on any atom is 0.339 e. The Morgan fingerprint density at radius 2 is 2.25 bits per heavy atom. The number of rotatable bonds is 4. The molecule has 2 aromatic rings. The maximum absolute atomic E-state index is 13.8. The third-order valence-corrected chi connectivity index (χ3v) is 2.74. The van der Waals surface area contributed by atoms with E-state index in [0.29, 0.717) is 12.1 Å². The highest BCUT2D eigenvalue weighted by atomic mass is 19.1. The number of nitro groups is 1. The largest absolute Gasteiger partial charge is 0.478 e. The van der Waals surface area contributed by atoms with Gasteiger partial charge in [0, 0.05) is 12.3 Å². The zero-order valence-electron chi connectivity index (χ0n) is 10.4. The summed E-state index contributed by atoms with van der Waals surface area (Å²) in [6.45, 7) is 1.73. The number of halogens is 1. The molecule has 0 bridgehead atoms. The SMILES string of the molecule is CCc1nn(-c2ccc([N+](=O)[O-])cc2F)cc1C(=O)O. The van der Waals surface area contributed by atoms with E-state index >= 15 is 0 Å². The lowest BCUT2D eigenvalue weighted by Gasteiger charge is -2.02. The van der Waals surface area contributed by atoms with Gasteiger partial charge in [0.05, 0.1) is 16.7 Å². The van der Waals surface area contributed by atoms with Crippen LogP contribution < -0.4 is 0 Å². The van der Waals surface area contributed by atoms with Crippen LogP contribution in [0.3, 0.4) is 0 Å². The molecule has 0 atom stereocenters. The Kier molecular flexibility index (Phi) is 3.47. The molecule has 0 aliphatic heterocycles. The number of nitrogens with zero attached hydrogens (tertiary/aromatic N) is 3. The standard InChI is InChI=1S/C12H10FN3O4/c1-2-10-8(12(17)18)6-15(14-10)11-4-3-7(16(19)20)5-9(11)13/h3-6H,2H2,1H3,(H,17,18). The number of carbonyl (C=O) groups is 1. The highest BCUT2D eigenvalue weighted by Crippen LogP contribution is 2.21. The summed E-state index contributed by atoms with van der Waals surface area (Å²) < 4.78 is 14.9. The lowest BCUT2D eigenvalue weighted by Crippen LogP contribution is -2.00. The molecule has 0 fully saturated rings. The molecule has 0 aliphatic carbocycles. The van der Waals surface area contributed by atoms with Gasteiger partial charge in [-0.25, -0.2) is 13.9 Å². The minimum atomic E-state index is -1.16. The first-order valence-electron chi connectivity index (χ1n) is 5.70. The van der Waals surface area contributed by atoms with Crippen LogP contribution in [0.15, 0.2) is 24.4 Å². The van der Waals surface area contributed by atoms with E-state index in [0.717, 1.165) is 16.8 Å². The highest BCUT2D eigenvalue weighted by Gasteiger charge is 2.18. The molecule has 1 N–H and O–H groups in total. The van der Waals surface area contributed by atoms with Crippen LogP contribution in [0.1, 0.15) is 23.0 Å². The average molecular weight is 279 g/mol. The van der Waals surface area contributed by atoms with E-state index in [9.17, 15) is 19.3 Å². The van der Waals surface area contributed by atoms with Gasteiger partial charge >= 0.3 is 5.97 Å². The van der Waals surface area contributed by atoms with E-state index in [1.807, 2.05) is 0 Å². The van der Waals surface area contributed by atoms with Gasteiger partial charge in [-0.3, -0.25) is 10.1 Å². The monoisotopic (exact) mass is 279 g/mol. The Labute approximate surface area is 112 Å². The lowest BCUT2D eigenvalue weighted by atomic mass is 10.2. The zero-order valence-corrected chi connectivity index (χ0v) is 10.4. The summed E-state index contributed by atoms with van der Waals surface area (Å²) in [4.78, 5) is 20.8. The quantitative estimate of drug-likeness (QED) is 0.683. The van der Waals surface area contributed by atoms with E-state index in [2.05, 4.69) is 5.10 Å². The molecule has 1 heterocycles. The number of nitro benzene ring substituents is 1. The van der Waals surface area contributed by atoms with Gasteiger partial charge in [-0.2, -0.15) is 5.10 Å². The first kappa shape index (κ1) is 13.7. The van der Waals surface area contributed by atoms with Crippen molar-refractivity contribution in [2.45, 2.75) is 13.3 Å². The van der Waals surface area contributed by atoms with Crippen molar-refractivity contribution in [2.24, 2.45) is 0 Å². The summed E-state index contributed by atoms with van der Waals surface area (Å²) in [7, 11) is 0. The van der Waals surface area contributed by atoms with Crippen LogP contribution >= 0.6 is 0 Å². The van der Waals surface area contributed by atoms with Crippen LogP contribution in [0.5, 0.6) is 0 Å². The number of hydrogen-bond donors (Lipinski definition) is 1. The Morgan fingerprint density at radius 3 is 2.70 bits per heavy atom. The van der Waals surface area contributed by atoms with E-state index < -0.39 is 16.7 Å². The molecule has 1 aromatic heterocycles. The van der Waals surface area contributed by atoms with Crippen LogP contribution in [-0.2, 0) is 6.42 Å². The Balaban J connectivity index is 2.52. The van der Waals surface area contributed by atoms with Crippen molar-refractivity contribution in [3.05, 3.63) is 51.6 Å². The molecule has 8 heteroatoms. The van der Waals surface area contributed by atoms with Crippen LogP contribution in [0, 0.1) is 15.9 Å². The molecule has 0 saturated heterocycles. The van der Waals surface area contributed by atoms with Gasteiger partial charge in [0.25, 0.3) is 5.69 Å². The fourth-order valence-corrected chi connectivity index (χ4v) is 1.77. The number of carboxylic acids is 1. The Hall–Kier alpha value is -2.77. The zero-order chi connectivity index (χ0) is 14.9. The number of aromatic nitrogens is 2. The normalized spacial score (nSPS) is 10.5. The summed E-state index contributed by atoms with van der Waals surface area (Å²) >= 11 is 0. The molecule has 2 rings (SSSR count). The highest BCUT2D eigenvalue weighted by molar-refractivity contribution is 5.88. The van der Waals surface area contributed by atoms with Gasteiger partial charge in [-0.05, 0) is 12.5 Å². The molecule has 0 amide bonds. The number of benzene rings is 1. The van der Waals surface area contributed by atoms with Crippen molar-refractivity contribution >= 4 is 11.7 Å². The predicted molar refractivity (Wildman–Crippen MR) is 66.5 cm³/mol. The van der Waals surface area contributed by atoms with Gasteiger partial charge < -0.3 is 5.11 Å². The van der Waals surface area contributed by atoms with Crippen LogP contribution in [-0.4, -0.2) is 25.8 Å². The smallest absolute Gasteiger partial charge is 0.339 e. The number of non-ortho nitro benzene ring substituents is 1. The molecule has 0 radical (unpaired) electrons. The molecule has 7 nitrogen and oxygen atoms in total. The predicted octanol–water partition coefficient (Wildman–Crippen LogP) is 2.18. The molecule has 1 aromatic carbocycles. The fraction of sp³-hybridized carbons (Fsp3) is 0.167. The average Bonchev–Trinajstić information content (AvgIpc) is 2.82. The van der Waals surface area contributed by atoms with Gasteiger partial charge in [0.1, 0.15) is 11.3 Å². The van der Waals surface area contributed by atoms with E-state index in [-0.39, 0.29) is 16.9 Å². The molecular weight excluding hydrogens is 269 g/mol. The van der Waals surface area contributed by atoms with Gasteiger partial charge in [0.15, 0.2) is 5.82 Å². The lowest BCUT2D eigenvalue weighted by molar-refractivity contribution is -0.385. The van der Waals surface area contributed by atoms with E-state index in [4.69, 9.17) is 5.11 Å². The fourth-order valence-electron chi connectivity index (χ4n) is 1.77. The molecule has 0 unspecified atom stereocenters. The summed E-state index contributed by atoms with van der Waals surface area (Å²) in [5, 5.41) is 23.5. The second-order valence-electron chi connectivity index (χ2n) is 3.99. The Bertz CT molecular complexity index is 696. The van der Waals surface area contributed by atoms with E-state index in [1.54, 1.807) is 6.92 Å². The first-order chi connectivity index (χ1) is 9.43. The van der Waals surface area contributed by atoms with Crippen molar-refractivity contribution in [3.8, 4) is 5.69 Å². The molecule has 0 spiro atoms. The topological polar surface area (TPSA) is 98.3 Å². The van der Waals surface area contributed by atoms with Crippen molar-refractivity contribution in [1.29, 1.82) is 0 Å². The van der Waals surface area contributed by atoms with E-state index in [1.165, 1.54) is 12.3 Å². The molecule has 0 saturated carbocycles. The minimum Gasteiger partial charge on any atom is -0.478 e. The van der Waals surface area contributed by atoms with Gasteiger partial charge in [0.2, 0.25) is 0 Å². The minimum absolute atomic E-state index is 0.0229. The van der Waals surface area contributed by atoms with Gasteiger partial charge in [-0.15, -0.1) is 0 Å². The second-order valence-corrected chi connectivity index (χ2v) is 3.99. The van der Waals surface area contributed by atoms with Crippen molar-refractivity contribution in [2.75, 3.05) is 0 Å². The Morgan fingerprint density at radius 1 is 1.55 bits per heavy atom. The molecule has 104 valence electrons. The van der Waals surface area contributed by atoms with Crippen molar-refractivity contribution < 1.29 is 19.2 Å². The van der Waals surface area contributed by atoms with Gasteiger partial charge in [-0.1, -0.05) is 6.92 Å². The number of hydrogen-bond acceptors (Lipinski definition) is 4. The number of aryl methyl sites for hydroxylation is 1. The third-order valence-electron chi connectivity index (χ3n) is 2.74. The second kappa shape index (κ2) is 5.08.